The number of amides is 1. The summed E-state index contributed by atoms with van der Waals surface area (Å²) in [5.41, 5.74) is 1.27. The van der Waals surface area contributed by atoms with Gasteiger partial charge in [-0.25, -0.2) is 4.39 Å². The number of carbonyl (C=O) groups excluding carboxylic acids is 1. The van der Waals surface area contributed by atoms with Crippen molar-refractivity contribution in [1.29, 1.82) is 0 Å². The lowest BCUT2D eigenvalue weighted by Crippen LogP contribution is -2.21. The molecule has 2 rings (SSSR count). The summed E-state index contributed by atoms with van der Waals surface area (Å²) in [6, 6.07) is 13.3. The predicted molar refractivity (Wildman–Crippen MR) is 77.7 cm³/mol. The molecule has 0 fully saturated rings. The van der Waals surface area contributed by atoms with Crippen molar-refractivity contribution in [3.63, 3.8) is 0 Å². The minimum Gasteiger partial charge on any atom is -0.376 e. The van der Waals surface area contributed by atoms with E-state index < -0.39 is 0 Å². The molecule has 0 radical (unpaired) electrons. The fourth-order valence-corrected chi connectivity index (χ4v) is 1.92. The highest BCUT2D eigenvalue weighted by Gasteiger charge is 2.04. The smallest absolute Gasteiger partial charge is 0.243 e. The average Bonchev–Trinajstić information content (AvgIpc) is 2.39. The Morgan fingerprint density at radius 2 is 1.95 bits per heavy atom. The summed E-state index contributed by atoms with van der Waals surface area (Å²) in [6.07, 6.45) is 0. The van der Waals surface area contributed by atoms with Gasteiger partial charge in [0.15, 0.2) is 0 Å². The largest absolute Gasteiger partial charge is 0.376 e. The second kappa shape index (κ2) is 6.33. The van der Waals surface area contributed by atoms with E-state index in [0.717, 1.165) is 4.47 Å². The van der Waals surface area contributed by atoms with Crippen LogP contribution in [0.5, 0.6) is 0 Å². The zero-order chi connectivity index (χ0) is 13.7. The molecule has 0 saturated carbocycles. The van der Waals surface area contributed by atoms with E-state index in [1.165, 1.54) is 12.1 Å². The molecule has 0 aliphatic rings. The molecule has 0 aliphatic carbocycles. The topological polar surface area (TPSA) is 41.1 Å². The lowest BCUT2D eigenvalue weighted by Gasteiger charge is -2.09. The highest BCUT2D eigenvalue weighted by atomic mass is 79.9. The number of halogens is 2. The third-order valence-corrected chi connectivity index (χ3v) is 3.12. The monoisotopic (exact) mass is 322 g/mol. The first-order chi connectivity index (χ1) is 9.15. The molecule has 0 aromatic heterocycles. The zero-order valence-electron chi connectivity index (χ0n) is 9.99. The van der Waals surface area contributed by atoms with Gasteiger partial charge in [0, 0.05) is 10.2 Å². The number of para-hydroxylation sites is 1. The van der Waals surface area contributed by atoms with Crippen LogP contribution in [-0.4, -0.2) is 12.5 Å². The van der Waals surface area contributed by atoms with Crippen molar-refractivity contribution in [3.05, 3.63) is 58.8 Å². The van der Waals surface area contributed by atoms with Gasteiger partial charge in [-0.3, -0.25) is 4.79 Å². The summed E-state index contributed by atoms with van der Waals surface area (Å²) in [6.45, 7) is 0.0742. The van der Waals surface area contributed by atoms with Crippen molar-refractivity contribution >= 4 is 33.2 Å². The van der Waals surface area contributed by atoms with Gasteiger partial charge >= 0.3 is 0 Å². The van der Waals surface area contributed by atoms with Crippen molar-refractivity contribution in [2.75, 3.05) is 17.2 Å². The van der Waals surface area contributed by atoms with Gasteiger partial charge in [0.05, 0.1) is 12.2 Å². The standard InChI is InChI=1S/C14H12BrFN2O/c15-12-6-1-2-7-13(12)18-14(19)9-17-11-5-3-4-10(16)8-11/h1-8,17H,9H2,(H,18,19). The molecule has 2 N–H and O–H groups in total. The maximum atomic E-state index is 12.9. The van der Waals surface area contributed by atoms with Gasteiger partial charge in [0.1, 0.15) is 5.82 Å². The number of carbonyl (C=O) groups is 1. The highest BCUT2D eigenvalue weighted by molar-refractivity contribution is 9.10. The van der Waals surface area contributed by atoms with Crippen molar-refractivity contribution in [2.45, 2.75) is 0 Å². The predicted octanol–water partition coefficient (Wildman–Crippen LogP) is 3.64. The molecule has 5 heteroatoms. The molecule has 0 atom stereocenters. The van der Waals surface area contributed by atoms with Gasteiger partial charge in [-0.2, -0.15) is 0 Å². The van der Waals surface area contributed by atoms with Crippen molar-refractivity contribution < 1.29 is 9.18 Å². The maximum Gasteiger partial charge on any atom is 0.243 e. The molecule has 2 aromatic carbocycles. The van der Waals surface area contributed by atoms with E-state index >= 15 is 0 Å². The number of anilines is 2. The maximum absolute atomic E-state index is 12.9. The molecule has 98 valence electrons. The Hall–Kier alpha value is -1.88. The van der Waals surface area contributed by atoms with Gasteiger partial charge in [-0.05, 0) is 46.3 Å². The van der Waals surface area contributed by atoms with Gasteiger partial charge in [0.25, 0.3) is 0 Å². The first-order valence-corrected chi connectivity index (χ1v) is 6.48. The highest BCUT2D eigenvalue weighted by Crippen LogP contribution is 2.20. The zero-order valence-corrected chi connectivity index (χ0v) is 11.6. The first-order valence-electron chi connectivity index (χ1n) is 5.69. The van der Waals surface area contributed by atoms with E-state index in [2.05, 4.69) is 26.6 Å². The van der Waals surface area contributed by atoms with E-state index in [0.29, 0.717) is 11.4 Å². The van der Waals surface area contributed by atoms with Gasteiger partial charge in [-0.15, -0.1) is 0 Å². The summed E-state index contributed by atoms with van der Waals surface area (Å²) in [5, 5.41) is 5.61. The number of hydrogen-bond acceptors (Lipinski definition) is 2. The van der Waals surface area contributed by atoms with E-state index in [1.807, 2.05) is 18.2 Å². The van der Waals surface area contributed by atoms with Crippen LogP contribution in [0.15, 0.2) is 53.0 Å². The van der Waals surface area contributed by atoms with Crippen LogP contribution >= 0.6 is 15.9 Å². The van der Waals surface area contributed by atoms with Gasteiger partial charge in [-0.1, -0.05) is 18.2 Å². The quantitative estimate of drug-likeness (QED) is 0.902. The second-order valence-electron chi connectivity index (χ2n) is 3.89. The number of nitrogens with one attached hydrogen (secondary N) is 2. The van der Waals surface area contributed by atoms with Crippen LogP contribution < -0.4 is 10.6 Å². The minimum atomic E-state index is -0.337. The summed E-state index contributed by atoms with van der Waals surface area (Å²) in [7, 11) is 0. The molecular weight excluding hydrogens is 311 g/mol. The molecule has 19 heavy (non-hydrogen) atoms. The number of hydrogen-bond donors (Lipinski definition) is 2. The number of rotatable bonds is 4. The van der Waals surface area contributed by atoms with Crippen LogP contribution in [0.1, 0.15) is 0 Å². The molecule has 0 saturated heterocycles. The lowest BCUT2D eigenvalue weighted by atomic mass is 10.3. The normalized spacial score (nSPS) is 10.0. The molecule has 0 spiro atoms. The van der Waals surface area contributed by atoms with Crippen LogP contribution in [0.3, 0.4) is 0 Å². The molecule has 0 bridgehead atoms. The third kappa shape index (κ3) is 4.06. The van der Waals surface area contributed by atoms with Crippen LogP contribution in [0, 0.1) is 5.82 Å². The van der Waals surface area contributed by atoms with Crippen LogP contribution in [0.25, 0.3) is 0 Å². The SMILES string of the molecule is O=C(CNc1cccc(F)c1)Nc1ccccc1Br. The Bertz CT molecular complexity index is 589. The molecular formula is C14H12BrFN2O. The molecule has 0 aliphatic heterocycles. The Balaban J connectivity index is 1.90. The Morgan fingerprint density at radius 1 is 1.16 bits per heavy atom. The summed E-state index contributed by atoms with van der Waals surface area (Å²) >= 11 is 3.35. The lowest BCUT2D eigenvalue weighted by molar-refractivity contribution is -0.114. The number of benzene rings is 2. The average molecular weight is 323 g/mol. The first kappa shape index (κ1) is 13.5. The molecule has 2 aromatic rings. The molecule has 0 unspecified atom stereocenters. The molecule has 0 heterocycles. The van der Waals surface area contributed by atoms with Crippen LogP contribution in [0.4, 0.5) is 15.8 Å². The van der Waals surface area contributed by atoms with Crippen molar-refractivity contribution in [3.8, 4) is 0 Å². The Morgan fingerprint density at radius 3 is 2.68 bits per heavy atom. The van der Waals surface area contributed by atoms with Gasteiger partial charge in [0.2, 0.25) is 5.91 Å². The summed E-state index contributed by atoms with van der Waals surface area (Å²) in [4.78, 5) is 11.7. The fourth-order valence-electron chi connectivity index (χ4n) is 1.54. The van der Waals surface area contributed by atoms with E-state index in [-0.39, 0.29) is 18.3 Å². The van der Waals surface area contributed by atoms with E-state index in [1.54, 1.807) is 18.2 Å². The molecule has 3 nitrogen and oxygen atoms in total. The third-order valence-electron chi connectivity index (χ3n) is 2.43. The van der Waals surface area contributed by atoms with Crippen LogP contribution in [0.2, 0.25) is 0 Å². The van der Waals surface area contributed by atoms with Gasteiger partial charge < -0.3 is 10.6 Å². The minimum absolute atomic E-state index is 0.0742. The second-order valence-corrected chi connectivity index (χ2v) is 4.75. The van der Waals surface area contributed by atoms with Crippen molar-refractivity contribution in [1.82, 2.24) is 0 Å². The summed E-state index contributed by atoms with van der Waals surface area (Å²) in [5.74, 6) is -0.535. The van der Waals surface area contributed by atoms with E-state index in [9.17, 15) is 9.18 Å². The van der Waals surface area contributed by atoms with Crippen LogP contribution in [-0.2, 0) is 4.79 Å². The van der Waals surface area contributed by atoms with Crippen molar-refractivity contribution in [2.24, 2.45) is 0 Å². The summed E-state index contributed by atoms with van der Waals surface area (Å²) < 4.78 is 13.8. The van der Waals surface area contributed by atoms with E-state index in [4.69, 9.17) is 0 Å². The Kier molecular flexibility index (Phi) is 4.52. The fraction of sp³-hybridized carbons (Fsp3) is 0.0714. The Labute approximate surface area is 119 Å². The molecule has 1 amide bonds.